The number of anilines is 1. The number of benzene rings is 1. The molecule has 4 rings (SSSR count). The minimum absolute atomic E-state index is 0.0238. The Bertz CT molecular complexity index is 600. The van der Waals surface area contributed by atoms with Crippen LogP contribution in [-0.4, -0.2) is 43.3 Å². The van der Waals surface area contributed by atoms with E-state index in [-0.39, 0.29) is 12.0 Å². The highest BCUT2D eigenvalue weighted by molar-refractivity contribution is 6.06. The predicted octanol–water partition coefficient (Wildman–Crippen LogP) is 2.45. The predicted molar refractivity (Wildman–Crippen MR) is 87.0 cm³/mol. The second kappa shape index (κ2) is 5.89. The van der Waals surface area contributed by atoms with Gasteiger partial charge in [-0.1, -0.05) is 24.6 Å². The number of rotatable bonds is 2. The first-order chi connectivity index (χ1) is 11.2. The zero-order valence-corrected chi connectivity index (χ0v) is 13.7. The Morgan fingerprint density at radius 1 is 1.22 bits per heavy atom. The molecule has 1 aromatic carbocycles. The van der Waals surface area contributed by atoms with E-state index in [9.17, 15) is 4.79 Å². The first-order valence-corrected chi connectivity index (χ1v) is 8.66. The average molecular weight is 316 g/mol. The number of ether oxygens (including phenoxy) is 2. The molecular weight excluding hydrogens is 292 g/mol. The van der Waals surface area contributed by atoms with Crippen molar-refractivity contribution in [2.24, 2.45) is 0 Å². The summed E-state index contributed by atoms with van der Waals surface area (Å²) in [5, 5.41) is 0. The Kier molecular flexibility index (Phi) is 3.87. The van der Waals surface area contributed by atoms with Crippen LogP contribution < -0.4 is 4.90 Å². The number of hydrogen-bond donors (Lipinski definition) is 0. The number of nitrogens with zero attached hydrogens (tertiary/aromatic N) is 2. The molecule has 124 valence electrons. The van der Waals surface area contributed by atoms with Crippen molar-refractivity contribution in [1.82, 2.24) is 4.90 Å². The van der Waals surface area contributed by atoms with Crippen molar-refractivity contribution in [2.45, 2.75) is 44.5 Å². The fourth-order valence-corrected chi connectivity index (χ4v) is 3.83. The molecule has 2 saturated heterocycles. The fraction of sp³-hybridized carbons (Fsp3) is 0.611. The number of para-hydroxylation sites is 1. The minimum Gasteiger partial charge on any atom is -0.338 e. The van der Waals surface area contributed by atoms with Gasteiger partial charge in [-0.3, -0.25) is 14.6 Å². The highest BCUT2D eigenvalue weighted by Gasteiger charge is 2.56. The third-order valence-electron chi connectivity index (χ3n) is 5.06. The molecule has 1 spiro atoms. The number of hydrogen-bond acceptors (Lipinski definition) is 4. The number of likely N-dealkylation sites (tertiary alicyclic amines) is 1. The van der Waals surface area contributed by atoms with E-state index >= 15 is 0 Å². The molecule has 0 bridgehead atoms. The van der Waals surface area contributed by atoms with Crippen LogP contribution in [0.1, 0.15) is 38.2 Å². The van der Waals surface area contributed by atoms with Crippen molar-refractivity contribution in [2.75, 3.05) is 31.3 Å². The van der Waals surface area contributed by atoms with Crippen LogP contribution in [-0.2, 0) is 20.1 Å². The monoisotopic (exact) mass is 316 g/mol. The van der Waals surface area contributed by atoms with Gasteiger partial charge in [-0.25, -0.2) is 0 Å². The van der Waals surface area contributed by atoms with Crippen molar-refractivity contribution in [3.05, 3.63) is 29.8 Å². The summed E-state index contributed by atoms with van der Waals surface area (Å²) < 4.78 is 12.0. The molecule has 0 aromatic heterocycles. The topological polar surface area (TPSA) is 42.0 Å². The van der Waals surface area contributed by atoms with Crippen molar-refractivity contribution < 1.29 is 14.3 Å². The quantitative estimate of drug-likeness (QED) is 0.840. The summed E-state index contributed by atoms with van der Waals surface area (Å²) in [7, 11) is 0. The molecule has 0 aliphatic carbocycles. The molecule has 3 aliphatic heterocycles. The number of carbonyl (C=O) groups is 1. The molecule has 5 nitrogen and oxygen atoms in total. The van der Waals surface area contributed by atoms with Crippen LogP contribution in [0.3, 0.4) is 0 Å². The van der Waals surface area contributed by atoms with Gasteiger partial charge >= 0.3 is 0 Å². The van der Waals surface area contributed by atoms with Gasteiger partial charge in [-0.15, -0.1) is 0 Å². The molecule has 0 radical (unpaired) electrons. The molecule has 2 fully saturated rings. The summed E-state index contributed by atoms with van der Waals surface area (Å²) in [6.45, 7) is 5.29. The lowest BCUT2D eigenvalue weighted by atomic mass is 10.1. The Labute approximate surface area is 137 Å². The Morgan fingerprint density at radius 3 is 2.78 bits per heavy atom. The average Bonchev–Trinajstić information content (AvgIpc) is 2.79. The lowest BCUT2D eigenvalue weighted by molar-refractivity contribution is -0.277. The zero-order valence-electron chi connectivity index (χ0n) is 13.7. The summed E-state index contributed by atoms with van der Waals surface area (Å²) in [4.78, 5) is 17.4. The highest BCUT2D eigenvalue weighted by atomic mass is 16.7. The maximum atomic E-state index is 13.2. The van der Waals surface area contributed by atoms with Crippen LogP contribution in [0, 0.1) is 0 Å². The van der Waals surface area contributed by atoms with E-state index in [1.165, 1.54) is 19.3 Å². The molecule has 2 atom stereocenters. The first-order valence-electron chi connectivity index (χ1n) is 8.66. The Hall–Kier alpha value is -1.43. The summed E-state index contributed by atoms with van der Waals surface area (Å²) in [5.41, 5.74) is 1.78. The number of piperidine rings is 1. The van der Waals surface area contributed by atoms with Crippen molar-refractivity contribution in [3.63, 3.8) is 0 Å². The maximum Gasteiger partial charge on any atom is 0.293 e. The maximum absolute atomic E-state index is 13.2. The molecule has 1 amide bonds. The van der Waals surface area contributed by atoms with Gasteiger partial charge in [0.2, 0.25) is 0 Å². The third kappa shape index (κ3) is 2.47. The summed E-state index contributed by atoms with van der Waals surface area (Å²) in [5.74, 6) is -1.31. The Morgan fingerprint density at radius 2 is 2.00 bits per heavy atom. The molecule has 0 saturated carbocycles. The van der Waals surface area contributed by atoms with E-state index in [0.717, 1.165) is 30.8 Å². The normalized spacial score (nSPS) is 31.6. The minimum atomic E-state index is -1.23. The Balaban J connectivity index is 1.67. The van der Waals surface area contributed by atoms with Gasteiger partial charge < -0.3 is 9.47 Å². The van der Waals surface area contributed by atoms with Crippen LogP contribution in [0.2, 0.25) is 0 Å². The third-order valence-corrected chi connectivity index (χ3v) is 5.06. The van der Waals surface area contributed by atoms with Gasteiger partial charge in [-0.05, 0) is 45.3 Å². The highest BCUT2D eigenvalue weighted by Crippen LogP contribution is 2.46. The van der Waals surface area contributed by atoms with E-state index < -0.39 is 5.79 Å². The van der Waals surface area contributed by atoms with Gasteiger partial charge in [0.25, 0.3) is 11.7 Å². The SMILES string of the molecule is CC1CCOC2(O1)C(=O)N(CN1CCCCC1)c1ccccc12. The molecule has 2 unspecified atom stereocenters. The lowest BCUT2D eigenvalue weighted by Crippen LogP contribution is -2.51. The largest absolute Gasteiger partial charge is 0.338 e. The lowest BCUT2D eigenvalue weighted by Gasteiger charge is -2.37. The summed E-state index contributed by atoms with van der Waals surface area (Å²) in [6, 6.07) is 7.88. The molecule has 5 heteroatoms. The van der Waals surface area contributed by atoms with Crippen molar-refractivity contribution in [1.29, 1.82) is 0 Å². The zero-order chi connectivity index (χ0) is 15.9. The van der Waals surface area contributed by atoms with Crippen molar-refractivity contribution >= 4 is 11.6 Å². The standard InChI is InChI=1S/C18H24N2O3/c1-14-9-12-22-18(23-14)15-7-3-4-8-16(15)20(17(18)21)13-19-10-5-2-6-11-19/h3-4,7-8,14H,2,5-6,9-13H2,1H3. The number of fused-ring (bicyclic) bond motifs is 2. The van der Waals surface area contributed by atoms with E-state index in [2.05, 4.69) is 4.90 Å². The number of amides is 1. The van der Waals surface area contributed by atoms with Crippen molar-refractivity contribution in [3.8, 4) is 0 Å². The van der Waals surface area contributed by atoms with E-state index in [4.69, 9.17) is 9.47 Å². The van der Waals surface area contributed by atoms with Crippen LogP contribution in [0.4, 0.5) is 5.69 Å². The molecule has 0 N–H and O–H groups in total. The van der Waals surface area contributed by atoms with Crippen LogP contribution in [0.25, 0.3) is 0 Å². The summed E-state index contributed by atoms with van der Waals surface area (Å²) >= 11 is 0. The molecule has 3 heterocycles. The van der Waals surface area contributed by atoms with E-state index in [1.807, 2.05) is 36.1 Å². The van der Waals surface area contributed by atoms with E-state index in [0.29, 0.717) is 13.3 Å². The molecule has 23 heavy (non-hydrogen) atoms. The molecule has 1 aromatic rings. The van der Waals surface area contributed by atoms with Gasteiger partial charge in [0.1, 0.15) is 0 Å². The molecule has 3 aliphatic rings. The summed E-state index contributed by atoms with van der Waals surface area (Å²) in [6.07, 6.45) is 4.55. The first kappa shape index (κ1) is 15.1. The second-order valence-electron chi connectivity index (χ2n) is 6.75. The number of carbonyl (C=O) groups excluding carboxylic acids is 1. The smallest absolute Gasteiger partial charge is 0.293 e. The molecular formula is C18H24N2O3. The van der Waals surface area contributed by atoms with Gasteiger partial charge in [0, 0.05) is 5.56 Å². The van der Waals surface area contributed by atoms with Crippen LogP contribution >= 0.6 is 0 Å². The van der Waals surface area contributed by atoms with Crippen LogP contribution in [0.5, 0.6) is 0 Å². The van der Waals surface area contributed by atoms with Gasteiger partial charge in [-0.2, -0.15) is 0 Å². The second-order valence-corrected chi connectivity index (χ2v) is 6.75. The van der Waals surface area contributed by atoms with Gasteiger partial charge in [0.05, 0.1) is 25.1 Å². The van der Waals surface area contributed by atoms with Gasteiger partial charge in [0.15, 0.2) is 0 Å². The fourth-order valence-electron chi connectivity index (χ4n) is 3.83. The van der Waals surface area contributed by atoms with E-state index in [1.54, 1.807) is 0 Å². The van der Waals surface area contributed by atoms with Crippen LogP contribution in [0.15, 0.2) is 24.3 Å².